The normalized spacial score (nSPS) is 23.4. The molecule has 1 saturated heterocycles. The molecule has 0 spiro atoms. The van der Waals surface area contributed by atoms with E-state index in [1.165, 1.54) is 0 Å². The Labute approximate surface area is 165 Å². The fraction of sp³-hybridized carbons (Fsp3) is 0.333. The van der Waals surface area contributed by atoms with Crippen molar-refractivity contribution in [2.45, 2.75) is 32.6 Å². The predicted molar refractivity (Wildman–Crippen MR) is 109 cm³/mol. The molecular weight excluding hydrogens is 350 g/mol. The summed E-state index contributed by atoms with van der Waals surface area (Å²) in [5.41, 5.74) is 4.68. The Bertz CT molecular complexity index is 931. The van der Waals surface area contributed by atoms with Crippen molar-refractivity contribution >= 4 is 17.6 Å². The van der Waals surface area contributed by atoms with Gasteiger partial charge in [-0.1, -0.05) is 48.6 Å². The Morgan fingerprint density at radius 3 is 2.71 bits per heavy atom. The molecule has 2 fully saturated rings. The summed E-state index contributed by atoms with van der Waals surface area (Å²) >= 11 is 0. The molecule has 1 N–H and O–H groups in total. The van der Waals surface area contributed by atoms with Crippen molar-refractivity contribution in [3.05, 3.63) is 77.4 Å². The highest BCUT2D eigenvalue weighted by molar-refractivity contribution is 5.92. The van der Waals surface area contributed by atoms with Gasteiger partial charge in [0, 0.05) is 11.6 Å². The van der Waals surface area contributed by atoms with E-state index < -0.39 is 5.41 Å². The molecule has 144 valence electrons. The number of amides is 1. The molecule has 2 aromatic rings. The van der Waals surface area contributed by atoms with Gasteiger partial charge in [0.25, 0.3) is 0 Å². The number of ether oxygens (including phenoxy) is 1. The fourth-order valence-corrected chi connectivity index (χ4v) is 4.52. The van der Waals surface area contributed by atoms with Gasteiger partial charge in [0.1, 0.15) is 0 Å². The second kappa shape index (κ2) is 7.27. The summed E-state index contributed by atoms with van der Waals surface area (Å²) in [6.45, 7) is 6.60. The predicted octanol–water partition coefficient (Wildman–Crippen LogP) is 4.23. The van der Waals surface area contributed by atoms with Crippen LogP contribution < -0.4 is 5.32 Å². The van der Waals surface area contributed by atoms with Crippen molar-refractivity contribution in [3.63, 3.8) is 0 Å². The zero-order valence-electron chi connectivity index (χ0n) is 16.2. The van der Waals surface area contributed by atoms with Gasteiger partial charge in [0.05, 0.1) is 18.4 Å². The van der Waals surface area contributed by atoms with Crippen LogP contribution in [-0.2, 0) is 27.2 Å². The largest absolute Gasteiger partial charge is 0.465 e. The second-order valence-electron chi connectivity index (χ2n) is 8.11. The van der Waals surface area contributed by atoms with Gasteiger partial charge >= 0.3 is 5.97 Å². The molecule has 1 saturated carbocycles. The monoisotopic (exact) mass is 375 g/mol. The van der Waals surface area contributed by atoms with Gasteiger partial charge in [-0.15, -0.1) is 0 Å². The summed E-state index contributed by atoms with van der Waals surface area (Å²) in [5.74, 6) is 0.111. The lowest BCUT2D eigenvalue weighted by Gasteiger charge is -2.24. The number of rotatable bonds is 5. The smallest absolute Gasteiger partial charge is 0.313 e. The molecular formula is C24H25NO3. The number of cyclic esters (lactones) is 1. The highest BCUT2D eigenvalue weighted by Gasteiger charge is 2.55. The maximum Gasteiger partial charge on any atom is 0.313 e. The zero-order valence-corrected chi connectivity index (χ0v) is 16.2. The van der Waals surface area contributed by atoms with Gasteiger partial charge in [0.15, 0.2) is 0 Å². The number of aryl methyl sites for hydroxylation is 1. The number of allylic oxidation sites excluding steroid dienone is 1. The first-order valence-corrected chi connectivity index (χ1v) is 9.73. The Morgan fingerprint density at radius 2 is 1.96 bits per heavy atom. The van der Waals surface area contributed by atoms with Crippen molar-refractivity contribution in [1.82, 2.24) is 0 Å². The molecule has 0 bridgehead atoms. The number of carbonyl (C=O) groups excluding carboxylic acids is 2. The van der Waals surface area contributed by atoms with Crippen LogP contribution in [0, 0.1) is 18.3 Å². The van der Waals surface area contributed by atoms with E-state index in [0.717, 1.165) is 34.4 Å². The molecule has 2 atom stereocenters. The number of nitrogens with one attached hydrogen (secondary N) is 1. The molecule has 0 radical (unpaired) electrons. The van der Waals surface area contributed by atoms with Crippen LogP contribution in [0.2, 0.25) is 0 Å². The summed E-state index contributed by atoms with van der Waals surface area (Å²) < 4.78 is 5.35. The molecule has 1 aliphatic heterocycles. The quantitative estimate of drug-likeness (QED) is 0.629. The van der Waals surface area contributed by atoms with Crippen molar-refractivity contribution in [2.75, 3.05) is 11.9 Å². The highest BCUT2D eigenvalue weighted by Crippen LogP contribution is 2.52. The van der Waals surface area contributed by atoms with Crippen LogP contribution in [0.4, 0.5) is 5.69 Å². The maximum absolute atomic E-state index is 12.4. The van der Waals surface area contributed by atoms with E-state index in [-0.39, 0.29) is 17.8 Å². The Kier molecular flexibility index (Phi) is 4.80. The third kappa shape index (κ3) is 3.47. The minimum Gasteiger partial charge on any atom is -0.465 e. The fourth-order valence-electron chi connectivity index (χ4n) is 4.52. The number of benzene rings is 2. The lowest BCUT2D eigenvalue weighted by molar-refractivity contribution is -0.146. The summed E-state index contributed by atoms with van der Waals surface area (Å²) in [6, 6.07) is 15.7. The third-order valence-corrected chi connectivity index (χ3v) is 6.07. The van der Waals surface area contributed by atoms with E-state index in [1.54, 1.807) is 0 Å². The van der Waals surface area contributed by atoms with Crippen LogP contribution in [0.25, 0.3) is 0 Å². The summed E-state index contributed by atoms with van der Waals surface area (Å²) in [5, 5.41) is 2.95. The molecule has 4 nitrogen and oxygen atoms in total. The van der Waals surface area contributed by atoms with Crippen LogP contribution in [-0.4, -0.2) is 18.5 Å². The van der Waals surface area contributed by atoms with Crippen LogP contribution in [0.15, 0.2) is 60.7 Å². The molecule has 4 heteroatoms. The number of esters is 1. The molecule has 2 unspecified atom stereocenters. The summed E-state index contributed by atoms with van der Waals surface area (Å²) in [7, 11) is 0. The topological polar surface area (TPSA) is 55.4 Å². The maximum atomic E-state index is 12.4. The average Bonchev–Trinajstić information content (AvgIpc) is 3.13. The van der Waals surface area contributed by atoms with Crippen LogP contribution in [0.3, 0.4) is 0 Å². The van der Waals surface area contributed by atoms with Crippen LogP contribution >= 0.6 is 0 Å². The number of hydrogen-bond donors (Lipinski definition) is 1. The van der Waals surface area contributed by atoms with E-state index in [2.05, 4.69) is 11.9 Å². The van der Waals surface area contributed by atoms with Gasteiger partial charge < -0.3 is 10.1 Å². The van der Waals surface area contributed by atoms with Gasteiger partial charge in [-0.2, -0.15) is 0 Å². The first-order chi connectivity index (χ1) is 13.5. The Morgan fingerprint density at radius 1 is 1.21 bits per heavy atom. The number of hydrogen-bond acceptors (Lipinski definition) is 3. The Balaban J connectivity index is 1.42. The number of fused-ring (bicyclic) bond motifs is 1. The van der Waals surface area contributed by atoms with Crippen LogP contribution in [0.5, 0.6) is 0 Å². The van der Waals surface area contributed by atoms with Gasteiger partial charge in [-0.25, -0.2) is 0 Å². The van der Waals surface area contributed by atoms with Gasteiger partial charge in [-0.05, 0) is 55.0 Å². The standard InChI is InChI=1S/C24H25NO3/c1-16-11-20-15-28-23(27)24(20,13-16)14-18-7-9-21(10-8-18)25-22(26)12-19-6-4-3-5-17(19)2/h3-10,20H,1,11-15H2,2H3,(H,25,26). The minimum atomic E-state index is -0.452. The van der Waals surface area contributed by atoms with Crippen molar-refractivity contribution in [2.24, 2.45) is 11.3 Å². The molecule has 4 rings (SSSR count). The first kappa shape index (κ1) is 18.5. The Hall–Kier alpha value is -2.88. The SMILES string of the molecule is C=C1CC2COC(=O)C2(Cc2ccc(NC(=O)Cc3ccccc3C)cc2)C1. The molecule has 0 aromatic heterocycles. The molecule has 2 aromatic carbocycles. The minimum absolute atomic E-state index is 0.0350. The second-order valence-corrected chi connectivity index (χ2v) is 8.11. The number of carbonyl (C=O) groups is 2. The highest BCUT2D eigenvalue weighted by atomic mass is 16.5. The van der Waals surface area contributed by atoms with E-state index in [4.69, 9.17) is 4.74 Å². The molecule has 28 heavy (non-hydrogen) atoms. The van der Waals surface area contributed by atoms with E-state index in [9.17, 15) is 9.59 Å². The van der Waals surface area contributed by atoms with E-state index in [1.807, 2.05) is 55.5 Å². The lowest BCUT2D eigenvalue weighted by atomic mass is 9.75. The zero-order chi connectivity index (χ0) is 19.7. The molecule has 2 aliphatic rings. The van der Waals surface area contributed by atoms with Crippen molar-refractivity contribution < 1.29 is 14.3 Å². The first-order valence-electron chi connectivity index (χ1n) is 9.73. The lowest BCUT2D eigenvalue weighted by Crippen LogP contribution is -2.31. The summed E-state index contributed by atoms with van der Waals surface area (Å²) in [4.78, 5) is 24.8. The van der Waals surface area contributed by atoms with Crippen LogP contribution in [0.1, 0.15) is 29.5 Å². The number of anilines is 1. The van der Waals surface area contributed by atoms with E-state index >= 15 is 0 Å². The average molecular weight is 375 g/mol. The van der Waals surface area contributed by atoms with Gasteiger partial charge in [0.2, 0.25) is 5.91 Å². The third-order valence-electron chi connectivity index (χ3n) is 6.07. The summed E-state index contributed by atoms with van der Waals surface area (Å²) in [6.07, 6.45) is 2.60. The molecule has 1 aliphatic carbocycles. The van der Waals surface area contributed by atoms with Crippen molar-refractivity contribution in [1.29, 1.82) is 0 Å². The molecule has 1 amide bonds. The van der Waals surface area contributed by atoms with Crippen molar-refractivity contribution in [3.8, 4) is 0 Å². The molecule has 1 heterocycles. The van der Waals surface area contributed by atoms with E-state index in [0.29, 0.717) is 25.9 Å². The van der Waals surface area contributed by atoms with Gasteiger partial charge in [-0.3, -0.25) is 9.59 Å².